The van der Waals surface area contributed by atoms with Crippen LogP contribution in [0.25, 0.3) is 0 Å². The van der Waals surface area contributed by atoms with Gasteiger partial charge in [0, 0.05) is 37.0 Å². The van der Waals surface area contributed by atoms with Gasteiger partial charge in [0.25, 0.3) is 0 Å². The van der Waals surface area contributed by atoms with Crippen molar-refractivity contribution in [2.24, 2.45) is 12.8 Å². The molecule has 2 N–H and O–H groups in total. The van der Waals surface area contributed by atoms with Crippen molar-refractivity contribution >= 4 is 0 Å². The van der Waals surface area contributed by atoms with Crippen LogP contribution in [0.2, 0.25) is 0 Å². The van der Waals surface area contributed by atoms with Crippen molar-refractivity contribution in [3.05, 3.63) is 47.8 Å². The highest BCUT2D eigenvalue weighted by atomic mass is 16.5. The average molecular weight is 231 g/mol. The average Bonchev–Trinajstić information content (AvgIpc) is 2.78. The van der Waals surface area contributed by atoms with Gasteiger partial charge in [-0.2, -0.15) is 5.10 Å². The highest BCUT2D eigenvalue weighted by Gasteiger charge is 2.18. The van der Waals surface area contributed by atoms with E-state index in [0.29, 0.717) is 6.54 Å². The lowest BCUT2D eigenvalue weighted by Crippen LogP contribution is -2.17. The molecule has 0 radical (unpaired) electrons. The second-order valence-electron chi connectivity index (χ2n) is 3.91. The van der Waals surface area contributed by atoms with Gasteiger partial charge in [0.1, 0.15) is 5.75 Å². The van der Waals surface area contributed by atoms with Crippen LogP contribution in [0.3, 0.4) is 0 Å². The van der Waals surface area contributed by atoms with E-state index in [2.05, 4.69) is 5.10 Å². The molecule has 17 heavy (non-hydrogen) atoms. The molecule has 90 valence electrons. The molecule has 1 atom stereocenters. The summed E-state index contributed by atoms with van der Waals surface area (Å²) in [5, 5.41) is 4.19. The molecule has 0 amide bonds. The van der Waals surface area contributed by atoms with Gasteiger partial charge in [-0.15, -0.1) is 0 Å². The summed E-state index contributed by atoms with van der Waals surface area (Å²) in [4.78, 5) is 0. The Morgan fingerprint density at radius 3 is 2.71 bits per heavy atom. The molecule has 1 aromatic carbocycles. The quantitative estimate of drug-likeness (QED) is 0.868. The van der Waals surface area contributed by atoms with E-state index in [-0.39, 0.29) is 5.92 Å². The Kier molecular flexibility index (Phi) is 3.44. The number of nitrogens with two attached hydrogens (primary N) is 1. The molecule has 1 heterocycles. The summed E-state index contributed by atoms with van der Waals surface area (Å²) in [6.45, 7) is 0.528. The Balaban J connectivity index is 2.46. The van der Waals surface area contributed by atoms with Crippen molar-refractivity contribution < 1.29 is 4.74 Å². The number of hydrogen-bond acceptors (Lipinski definition) is 3. The van der Waals surface area contributed by atoms with Crippen LogP contribution < -0.4 is 10.5 Å². The molecular weight excluding hydrogens is 214 g/mol. The molecule has 4 nitrogen and oxygen atoms in total. The lowest BCUT2D eigenvalue weighted by molar-refractivity contribution is 0.407. The third-order valence-electron chi connectivity index (χ3n) is 2.97. The number of aryl methyl sites for hydroxylation is 1. The van der Waals surface area contributed by atoms with Crippen molar-refractivity contribution in [2.45, 2.75) is 5.92 Å². The molecular formula is C13H17N3O. The molecule has 1 aromatic heterocycles. The maximum Gasteiger partial charge on any atom is 0.122 e. The summed E-state index contributed by atoms with van der Waals surface area (Å²) in [5.41, 5.74) is 8.08. The summed E-state index contributed by atoms with van der Waals surface area (Å²) < 4.78 is 7.23. The molecule has 0 fully saturated rings. The Hall–Kier alpha value is -1.81. The number of methoxy groups -OCH3 is 1. The highest BCUT2D eigenvalue weighted by molar-refractivity contribution is 5.40. The van der Waals surface area contributed by atoms with E-state index in [1.807, 2.05) is 42.1 Å². The second kappa shape index (κ2) is 5.01. The van der Waals surface area contributed by atoms with Gasteiger partial charge in [-0.25, -0.2) is 0 Å². The predicted octanol–water partition coefficient (Wildman–Crippen LogP) is 1.52. The fourth-order valence-electron chi connectivity index (χ4n) is 2.09. The first kappa shape index (κ1) is 11.7. The minimum Gasteiger partial charge on any atom is -0.496 e. The molecule has 0 aliphatic rings. The van der Waals surface area contributed by atoms with Gasteiger partial charge in [-0.3, -0.25) is 4.68 Å². The number of nitrogens with zero attached hydrogens (tertiary/aromatic N) is 2. The Bertz CT molecular complexity index is 493. The standard InChI is InChI=1S/C13H17N3O/c1-16-12(7-8-15-16)11(9-14)10-5-3-4-6-13(10)17-2/h3-8,11H,9,14H2,1-2H3. The van der Waals surface area contributed by atoms with E-state index < -0.39 is 0 Å². The van der Waals surface area contributed by atoms with Gasteiger partial charge in [0.2, 0.25) is 0 Å². The van der Waals surface area contributed by atoms with Crippen LogP contribution in [0.1, 0.15) is 17.2 Å². The van der Waals surface area contributed by atoms with E-state index in [4.69, 9.17) is 10.5 Å². The van der Waals surface area contributed by atoms with E-state index in [9.17, 15) is 0 Å². The molecule has 4 heteroatoms. The zero-order valence-electron chi connectivity index (χ0n) is 10.1. The number of rotatable bonds is 4. The van der Waals surface area contributed by atoms with Gasteiger partial charge >= 0.3 is 0 Å². The summed E-state index contributed by atoms with van der Waals surface area (Å²) in [6, 6.07) is 9.94. The van der Waals surface area contributed by atoms with Gasteiger partial charge in [0.15, 0.2) is 0 Å². The third-order valence-corrected chi connectivity index (χ3v) is 2.97. The van der Waals surface area contributed by atoms with E-state index >= 15 is 0 Å². The summed E-state index contributed by atoms with van der Waals surface area (Å²) in [7, 11) is 3.60. The van der Waals surface area contributed by atoms with E-state index in [0.717, 1.165) is 17.0 Å². The normalized spacial score (nSPS) is 12.4. The van der Waals surface area contributed by atoms with Crippen LogP contribution >= 0.6 is 0 Å². The SMILES string of the molecule is COc1ccccc1C(CN)c1ccnn1C. The first-order valence-corrected chi connectivity index (χ1v) is 5.58. The minimum absolute atomic E-state index is 0.110. The largest absolute Gasteiger partial charge is 0.496 e. The van der Waals surface area contributed by atoms with Crippen molar-refractivity contribution in [1.82, 2.24) is 9.78 Å². The molecule has 0 saturated heterocycles. The van der Waals surface area contributed by atoms with Gasteiger partial charge in [-0.1, -0.05) is 18.2 Å². The monoisotopic (exact) mass is 231 g/mol. The van der Waals surface area contributed by atoms with Crippen LogP contribution in [0.15, 0.2) is 36.5 Å². The lowest BCUT2D eigenvalue weighted by atomic mass is 9.95. The summed E-state index contributed by atoms with van der Waals surface area (Å²) >= 11 is 0. The summed E-state index contributed by atoms with van der Waals surface area (Å²) in [6.07, 6.45) is 1.79. The first-order chi connectivity index (χ1) is 8.27. The second-order valence-corrected chi connectivity index (χ2v) is 3.91. The van der Waals surface area contributed by atoms with Crippen LogP contribution in [-0.4, -0.2) is 23.4 Å². The minimum atomic E-state index is 0.110. The van der Waals surface area contributed by atoms with E-state index in [1.165, 1.54) is 0 Å². The molecule has 0 aliphatic heterocycles. The van der Waals surface area contributed by atoms with Crippen LogP contribution in [0, 0.1) is 0 Å². The van der Waals surface area contributed by atoms with Crippen LogP contribution in [0.5, 0.6) is 5.75 Å². The zero-order chi connectivity index (χ0) is 12.3. The van der Waals surface area contributed by atoms with Crippen molar-refractivity contribution in [3.63, 3.8) is 0 Å². The number of hydrogen-bond donors (Lipinski definition) is 1. The Morgan fingerprint density at radius 1 is 1.35 bits per heavy atom. The Labute approximate surface area is 101 Å². The third kappa shape index (κ3) is 2.17. The van der Waals surface area contributed by atoms with Crippen molar-refractivity contribution in [1.29, 1.82) is 0 Å². The first-order valence-electron chi connectivity index (χ1n) is 5.58. The van der Waals surface area contributed by atoms with Crippen LogP contribution in [-0.2, 0) is 7.05 Å². The fraction of sp³-hybridized carbons (Fsp3) is 0.308. The number of ether oxygens (including phenoxy) is 1. The maximum absolute atomic E-state index is 5.89. The van der Waals surface area contributed by atoms with Gasteiger partial charge < -0.3 is 10.5 Å². The topological polar surface area (TPSA) is 53.1 Å². The summed E-state index contributed by atoms with van der Waals surface area (Å²) in [5.74, 6) is 0.975. The van der Waals surface area contributed by atoms with Gasteiger partial charge in [0.05, 0.1) is 7.11 Å². The predicted molar refractivity (Wildman–Crippen MR) is 67.1 cm³/mol. The molecule has 0 spiro atoms. The van der Waals surface area contributed by atoms with Crippen LogP contribution in [0.4, 0.5) is 0 Å². The Morgan fingerprint density at radius 2 is 2.12 bits per heavy atom. The molecule has 2 rings (SSSR count). The maximum atomic E-state index is 5.89. The van der Waals surface area contributed by atoms with Crippen molar-refractivity contribution in [3.8, 4) is 5.75 Å². The molecule has 0 aliphatic carbocycles. The molecule has 0 bridgehead atoms. The number of aromatic nitrogens is 2. The molecule has 0 saturated carbocycles. The van der Waals surface area contributed by atoms with Crippen molar-refractivity contribution in [2.75, 3.05) is 13.7 Å². The number of para-hydroxylation sites is 1. The lowest BCUT2D eigenvalue weighted by Gasteiger charge is -2.18. The van der Waals surface area contributed by atoms with Gasteiger partial charge in [-0.05, 0) is 12.1 Å². The smallest absolute Gasteiger partial charge is 0.122 e. The molecule has 2 aromatic rings. The zero-order valence-corrected chi connectivity index (χ0v) is 10.1. The highest BCUT2D eigenvalue weighted by Crippen LogP contribution is 2.30. The van der Waals surface area contributed by atoms with E-state index in [1.54, 1.807) is 13.3 Å². The fourth-order valence-corrected chi connectivity index (χ4v) is 2.09. The molecule has 1 unspecified atom stereocenters. The number of benzene rings is 1.